The van der Waals surface area contributed by atoms with Gasteiger partial charge >= 0.3 is 0 Å². The van der Waals surface area contributed by atoms with Crippen molar-refractivity contribution in [2.24, 2.45) is 11.7 Å². The molecule has 5 heteroatoms. The van der Waals surface area contributed by atoms with Gasteiger partial charge in [0.25, 0.3) is 0 Å². The van der Waals surface area contributed by atoms with Crippen molar-refractivity contribution in [3.05, 3.63) is 29.6 Å². The lowest BCUT2D eigenvalue weighted by Gasteiger charge is -2.10. The van der Waals surface area contributed by atoms with Crippen molar-refractivity contribution in [3.8, 4) is 11.8 Å². The predicted octanol–water partition coefficient (Wildman–Crippen LogP) is 1.50. The molecule has 0 saturated carbocycles. The molecule has 1 amide bonds. The molecule has 1 saturated heterocycles. The number of hydrogen-bond acceptors (Lipinski definition) is 3. The largest absolute Gasteiger partial charge is 0.378 e. The van der Waals surface area contributed by atoms with Crippen LogP contribution in [0.25, 0.3) is 0 Å². The van der Waals surface area contributed by atoms with Gasteiger partial charge < -0.3 is 15.8 Å². The zero-order chi connectivity index (χ0) is 14.5. The molecule has 0 spiro atoms. The molecule has 20 heavy (non-hydrogen) atoms. The quantitative estimate of drug-likeness (QED) is 0.805. The van der Waals surface area contributed by atoms with Crippen molar-refractivity contribution in [2.75, 3.05) is 18.5 Å². The van der Waals surface area contributed by atoms with Crippen molar-refractivity contribution < 1.29 is 13.9 Å². The number of carbonyl (C=O) groups excluding carboxylic acids is 1. The second kappa shape index (κ2) is 6.51. The third-order valence-corrected chi connectivity index (χ3v) is 3.13. The molecule has 106 valence electrons. The third kappa shape index (κ3) is 3.56. The summed E-state index contributed by atoms with van der Waals surface area (Å²) in [5.74, 6) is 4.53. The molecule has 1 fully saturated rings. The maximum atomic E-state index is 13.5. The SMILES string of the molecule is CC1CC(C(=O)Nc2ccc(F)c(C#CCN)c2)CO1. The topological polar surface area (TPSA) is 64.4 Å². The number of ether oxygens (including phenoxy) is 1. The Labute approximate surface area is 117 Å². The Kier molecular flexibility index (Phi) is 4.72. The smallest absolute Gasteiger partial charge is 0.229 e. The van der Waals surface area contributed by atoms with Crippen LogP contribution >= 0.6 is 0 Å². The average molecular weight is 276 g/mol. The standard InChI is InChI=1S/C15H17FN2O2/c1-10-7-12(9-20-10)15(19)18-13-4-5-14(16)11(8-13)3-2-6-17/h4-5,8,10,12H,6-7,9,17H2,1H3,(H,18,19). The molecule has 0 radical (unpaired) electrons. The number of carbonyl (C=O) groups is 1. The minimum atomic E-state index is -0.429. The highest BCUT2D eigenvalue weighted by atomic mass is 19.1. The monoisotopic (exact) mass is 276 g/mol. The van der Waals surface area contributed by atoms with Gasteiger partial charge in [0, 0.05) is 5.69 Å². The van der Waals surface area contributed by atoms with Gasteiger partial charge in [-0.15, -0.1) is 0 Å². The van der Waals surface area contributed by atoms with Crippen LogP contribution in [0.2, 0.25) is 0 Å². The Bertz CT molecular complexity index is 563. The minimum Gasteiger partial charge on any atom is -0.378 e. The average Bonchev–Trinajstić information content (AvgIpc) is 2.86. The zero-order valence-electron chi connectivity index (χ0n) is 11.3. The van der Waals surface area contributed by atoms with Crippen LogP contribution in [-0.4, -0.2) is 25.2 Å². The number of anilines is 1. The number of rotatable bonds is 2. The number of hydrogen-bond donors (Lipinski definition) is 2. The summed E-state index contributed by atoms with van der Waals surface area (Å²) in [5, 5.41) is 2.76. The van der Waals surface area contributed by atoms with E-state index < -0.39 is 5.82 Å². The van der Waals surface area contributed by atoms with Crippen LogP contribution < -0.4 is 11.1 Å². The second-order valence-electron chi connectivity index (χ2n) is 4.77. The fraction of sp³-hybridized carbons (Fsp3) is 0.400. The highest BCUT2D eigenvalue weighted by molar-refractivity contribution is 5.93. The molecule has 0 bridgehead atoms. The third-order valence-electron chi connectivity index (χ3n) is 3.13. The first kappa shape index (κ1) is 14.5. The van der Waals surface area contributed by atoms with Crippen molar-refractivity contribution in [3.63, 3.8) is 0 Å². The summed E-state index contributed by atoms with van der Waals surface area (Å²) in [6.45, 7) is 2.52. The van der Waals surface area contributed by atoms with Gasteiger partial charge in [-0.3, -0.25) is 4.79 Å². The van der Waals surface area contributed by atoms with Gasteiger partial charge in [-0.05, 0) is 31.5 Å². The number of halogens is 1. The molecular weight excluding hydrogens is 259 g/mol. The van der Waals surface area contributed by atoms with E-state index in [1.807, 2.05) is 6.92 Å². The summed E-state index contributed by atoms with van der Waals surface area (Å²) >= 11 is 0. The second-order valence-corrected chi connectivity index (χ2v) is 4.77. The molecule has 1 heterocycles. The van der Waals surface area contributed by atoms with E-state index in [1.165, 1.54) is 18.2 Å². The number of nitrogens with one attached hydrogen (secondary N) is 1. The van der Waals surface area contributed by atoms with Crippen LogP contribution in [-0.2, 0) is 9.53 Å². The summed E-state index contributed by atoms with van der Waals surface area (Å²) in [7, 11) is 0. The molecule has 0 aromatic heterocycles. The Morgan fingerprint density at radius 3 is 3.05 bits per heavy atom. The zero-order valence-corrected chi connectivity index (χ0v) is 11.3. The molecule has 1 aliphatic heterocycles. The van der Waals surface area contributed by atoms with E-state index in [9.17, 15) is 9.18 Å². The van der Waals surface area contributed by atoms with Crippen LogP contribution in [0.5, 0.6) is 0 Å². The number of amides is 1. The fourth-order valence-corrected chi connectivity index (χ4v) is 2.09. The van der Waals surface area contributed by atoms with E-state index in [-0.39, 0.29) is 30.0 Å². The Morgan fingerprint density at radius 1 is 1.60 bits per heavy atom. The van der Waals surface area contributed by atoms with Gasteiger partial charge in [-0.2, -0.15) is 0 Å². The Hall–Kier alpha value is -1.90. The van der Waals surface area contributed by atoms with Gasteiger partial charge in [-0.1, -0.05) is 11.8 Å². The molecule has 0 aliphatic carbocycles. The van der Waals surface area contributed by atoms with Crippen LogP contribution in [0.4, 0.5) is 10.1 Å². The molecule has 1 aromatic carbocycles. The number of benzene rings is 1. The normalized spacial score (nSPS) is 21.1. The molecule has 2 atom stereocenters. The lowest BCUT2D eigenvalue weighted by atomic mass is 10.1. The molecule has 4 nitrogen and oxygen atoms in total. The van der Waals surface area contributed by atoms with E-state index in [1.54, 1.807) is 0 Å². The van der Waals surface area contributed by atoms with Crippen LogP contribution in [0, 0.1) is 23.6 Å². The summed E-state index contributed by atoms with van der Waals surface area (Å²) in [5.41, 5.74) is 6.01. The van der Waals surface area contributed by atoms with Gasteiger partial charge in [-0.25, -0.2) is 4.39 Å². The number of nitrogens with two attached hydrogens (primary N) is 1. The van der Waals surface area contributed by atoms with E-state index in [2.05, 4.69) is 17.2 Å². The first-order valence-corrected chi connectivity index (χ1v) is 6.51. The minimum absolute atomic E-state index is 0.102. The maximum absolute atomic E-state index is 13.5. The van der Waals surface area contributed by atoms with E-state index in [0.717, 1.165) is 0 Å². The Morgan fingerprint density at radius 2 is 2.40 bits per heavy atom. The van der Waals surface area contributed by atoms with Gasteiger partial charge in [0.2, 0.25) is 5.91 Å². The van der Waals surface area contributed by atoms with Crippen molar-refractivity contribution >= 4 is 11.6 Å². The van der Waals surface area contributed by atoms with Crippen molar-refractivity contribution in [2.45, 2.75) is 19.4 Å². The lowest BCUT2D eigenvalue weighted by molar-refractivity contribution is -0.119. The molecule has 2 rings (SSSR count). The summed E-state index contributed by atoms with van der Waals surface area (Å²) in [6.07, 6.45) is 0.803. The summed E-state index contributed by atoms with van der Waals surface area (Å²) in [6, 6.07) is 4.30. The van der Waals surface area contributed by atoms with E-state index in [0.29, 0.717) is 18.7 Å². The van der Waals surface area contributed by atoms with Crippen LogP contribution in [0.1, 0.15) is 18.9 Å². The lowest BCUT2D eigenvalue weighted by Crippen LogP contribution is -2.23. The summed E-state index contributed by atoms with van der Waals surface area (Å²) in [4.78, 5) is 12.0. The molecule has 3 N–H and O–H groups in total. The predicted molar refractivity (Wildman–Crippen MR) is 74.5 cm³/mol. The highest BCUT2D eigenvalue weighted by Gasteiger charge is 2.28. The highest BCUT2D eigenvalue weighted by Crippen LogP contribution is 2.21. The Balaban J connectivity index is 2.07. The molecule has 2 unspecified atom stereocenters. The first-order valence-electron chi connectivity index (χ1n) is 6.51. The van der Waals surface area contributed by atoms with Gasteiger partial charge in [0.1, 0.15) is 5.82 Å². The summed E-state index contributed by atoms with van der Waals surface area (Å²) < 4.78 is 18.9. The van der Waals surface area contributed by atoms with Crippen LogP contribution in [0.3, 0.4) is 0 Å². The van der Waals surface area contributed by atoms with Crippen LogP contribution in [0.15, 0.2) is 18.2 Å². The van der Waals surface area contributed by atoms with E-state index >= 15 is 0 Å². The van der Waals surface area contributed by atoms with Crippen molar-refractivity contribution in [1.82, 2.24) is 0 Å². The first-order chi connectivity index (χ1) is 9.60. The van der Waals surface area contributed by atoms with E-state index in [4.69, 9.17) is 10.5 Å². The molecule has 1 aromatic rings. The maximum Gasteiger partial charge on any atom is 0.229 e. The fourth-order valence-electron chi connectivity index (χ4n) is 2.09. The molecular formula is C15H17FN2O2. The van der Waals surface area contributed by atoms with Crippen molar-refractivity contribution in [1.29, 1.82) is 0 Å². The van der Waals surface area contributed by atoms with Gasteiger partial charge in [0.15, 0.2) is 0 Å². The molecule has 1 aliphatic rings. The van der Waals surface area contributed by atoms with Gasteiger partial charge in [0.05, 0.1) is 30.7 Å².